The maximum Gasteiger partial charge on any atom is 0.332 e. The molecule has 170 valence electrons. The number of hydrogen-bond donors (Lipinski definition) is 2. The number of hydrogen-bond acceptors (Lipinski definition) is 6. The Morgan fingerprint density at radius 1 is 0.879 bits per heavy atom. The van der Waals surface area contributed by atoms with E-state index in [1.807, 2.05) is 30.3 Å². The van der Waals surface area contributed by atoms with Gasteiger partial charge in [0.2, 0.25) is 0 Å². The van der Waals surface area contributed by atoms with E-state index in [4.69, 9.17) is 5.73 Å². The molecule has 0 unspecified atom stereocenters. The number of benzene rings is 3. The predicted octanol–water partition coefficient (Wildman–Crippen LogP) is 2.88. The number of aromatic nitrogens is 1. The Bertz CT molecular complexity index is 1650. The molecule has 11 heteroatoms. The Hall–Kier alpha value is -3.70. The maximum atomic E-state index is 13.7. The largest absolute Gasteiger partial charge is 0.399 e. The van der Waals surface area contributed by atoms with Crippen molar-refractivity contribution in [1.82, 2.24) is 9.40 Å². The number of sulfonamides is 1. The molecule has 0 radical (unpaired) electrons. The molecule has 0 aliphatic rings. The third kappa shape index (κ3) is 4.59. The van der Waals surface area contributed by atoms with Gasteiger partial charge in [0.1, 0.15) is 0 Å². The standard InChI is InChI=1S/C22H19FN4O4S2/c1-27-21-11-10-17(32(23,28)29)13-19(21)20(14-22(27)15-6-3-2-4-7-15)25-26-33(30,31)18-9-5-8-16(24)12-18/h2-14,26H,24H2,1H3/b25-20+. The Morgan fingerprint density at radius 2 is 1.61 bits per heavy atom. The van der Waals surface area contributed by atoms with Crippen LogP contribution in [-0.2, 0) is 27.3 Å². The van der Waals surface area contributed by atoms with E-state index in [0.29, 0.717) is 11.2 Å². The van der Waals surface area contributed by atoms with Gasteiger partial charge in [-0.3, -0.25) is 0 Å². The van der Waals surface area contributed by atoms with Gasteiger partial charge in [0, 0.05) is 18.1 Å². The molecule has 3 aromatic carbocycles. The number of halogens is 1. The average Bonchev–Trinajstić information content (AvgIpc) is 2.78. The lowest BCUT2D eigenvalue weighted by Gasteiger charge is -2.14. The molecule has 0 bridgehead atoms. The fourth-order valence-electron chi connectivity index (χ4n) is 3.42. The number of anilines is 1. The Morgan fingerprint density at radius 3 is 2.27 bits per heavy atom. The lowest BCUT2D eigenvalue weighted by Crippen LogP contribution is -2.23. The average molecular weight is 487 g/mol. The fourth-order valence-corrected chi connectivity index (χ4v) is 4.78. The summed E-state index contributed by atoms with van der Waals surface area (Å²) in [7, 11) is -7.29. The third-order valence-corrected chi connectivity index (χ3v) is 7.07. The predicted molar refractivity (Wildman–Crippen MR) is 123 cm³/mol. The Kier molecular flexibility index (Phi) is 5.68. The summed E-state index contributed by atoms with van der Waals surface area (Å²) >= 11 is 0. The van der Waals surface area contributed by atoms with Gasteiger partial charge in [-0.1, -0.05) is 36.4 Å². The molecule has 0 aliphatic heterocycles. The molecule has 1 aromatic heterocycles. The summed E-state index contributed by atoms with van der Waals surface area (Å²) in [5, 5.41) is 4.41. The van der Waals surface area contributed by atoms with E-state index in [9.17, 15) is 20.7 Å². The SMILES string of the molecule is Cn1c(-c2ccccc2)c/c(=N\NS(=O)(=O)c2cccc(N)c2)c2cc(S(=O)(=O)F)ccc21. The summed E-state index contributed by atoms with van der Waals surface area (Å²) in [5.74, 6) is 0. The van der Waals surface area contributed by atoms with Gasteiger partial charge in [-0.05, 0) is 48.0 Å². The summed E-state index contributed by atoms with van der Waals surface area (Å²) in [5.41, 5.74) is 7.96. The van der Waals surface area contributed by atoms with Crippen LogP contribution in [0.1, 0.15) is 0 Å². The number of nitrogens with one attached hydrogen (secondary N) is 1. The van der Waals surface area contributed by atoms with Gasteiger partial charge in [-0.25, -0.2) is 0 Å². The van der Waals surface area contributed by atoms with Crippen molar-refractivity contribution < 1.29 is 20.7 Å². The molecule has 3 N–H and O–H groups in total. The number of fused-ring (bicyclic) bond motifs is 1. The molecule has 33 heavy (non-hydrogen) atoms. The molecule has 0 saturated heterocycles. The van der Waals surface area contributed by atoms with E-state index in [1.165, 1.54) is 24.3 Å². The number of nitrogens with zero attached hydrogens (tertiary/aromatic N) is 2. The van der Waals surface area contributed by atoms with E-state index in [0.717, 1.165) is 17.7 Å². The first-order valence-corrected chi connectivity index (χ1v) is 12.5. The van der Waals surface area contributed by atoms with Crippen LogP contribution >= 0.6 is 0 Å². The second kappa shape index (κ2) is 8.34. The number of rotatable bonds is 5. The topological polar surface area (TPSA) is 124 Å². The molecular weight excluding hydrogens is 467 g/mol. The molecule has 4 aromatic rings. The van der Waals surface area contributed by atoms with Crippen molar-refractivity contribution in [1.29, 1.82) is 0 Å². The molecule has 0 fully saturated rings. The molecule has 8 nitrogen and oxygen atoms in total. The number of aryl methyl sites for hydroxylation is 1. The lowest BCUT2D eigenvalue weighted by molar-refractivity contribution is 0.552. The maximum absolute atomic E-state index is 13.7. The minimum Gasteiger partial charge on any atom is -0.399 e. The summed E-state index contributed by atoms with van der Waals surface area (Å²) in [4.78, 5) is 1.51. The lowest BCUT2D eigenvalue weighted by atomic mass is 10.1. The van der Waals surface area contributed by atoms with Crippen LogP contribution < -0.4 is 15.9 Å². The van der Waals surface area contributed by atoms with Gasteiger partial charge in [0.05, 0.1) is 26.4 Å². The highest BCUT2D eigenvalue weighted by Crippen LogP contribution is 2.24. The van der Waals surface area contributed by atoms with E-state index in [-0.39, 0.29) is 21.3 Å². The first-order chi connectivity index (χ1) is 15.6. The van der Waals surface area contributed by atoms with Crippen LogP contribution in [0.25, 0.3) is 22.2 Å². The number of pyridine rings is 1. The quantitative estimate of drug-likeness (QED) is 0.255. The van der Waals surface area contributed by atoms with E-state index in [2.05, 4.69) is 9.93 Å². The highest BCUT2D eigenvalue weighted by atomic mass is 32.3. The summed E-state index contributed by atoms with van der Waals surface area (Å²) < 4.78 is 63.8. The summed E-state index contributed by atoms with van der Waals surface area (Å²) in [6.45, 7) is 0. The van der Waals surface area contributed by atoms with Gasteiger partial charge in [0.25, 0.3) is 10.0 Å². The minimum absolute atomic E-state index is 0.0904. The van der Waals surface area contributed by atoms with Gasteiger partial charge in [-0.2, -0.15) is 26.8 Å². The highest BCUT2D eigenvalue weighted by molar-refractivity contribution is 7.89. The molecule has 1 heterocycles. The van der Waals surface area contributed by atoms with Crippen molar-refractivity contribution in [2.24, 2.45) is 12.1 Å². The zero-order chi connectivity index (χ0) is 23.8. The van der Waals surface area contributed by atoms with Crippen LogP contribution in [-0.4, -0.2) is 21.4 Å². The van der Waals surface area contributed by atoms with Crippen molar-refractivity contribution in [3.63, 3.8) is 0 Å². The molecular formula is C22H19FN4O4S2. The van der Waals surface area contributed by atoms with Crippen molar-refractivity contribution in [2.75, 3.05) is 5.73 Å². The van der Waals surface area contributed by atoms with E-state index in [1.54, 1.807) is 23.7 Å². The summed E-state index contributed by atoms with van der Waals surface area (Å²) in [6.07, 6.45) is 0. The van der Waals surface area contributed by atoms with Crippen LogP contribution in [0.15, 0.2) is 93.8 Å². The molecule has 0 saturated carbocycles. The second-order valence-corrected chi connectivity index (χ2v) is 10.2. The number of nitrogens with two attached hydrogens (primary N) is 1. The van der Waals surface area contributed by atoms with Gasteiger partial charge >= 0.3 is 10.2 Å². The monoisotopic (exact) mass is 486 g/mol. The normalized spacial score (nSPS) is 12.7. The van der Waals surface area contributed by atoms with Crippen molar-refractivity contribution in [3.8, 4) is 11.3 Å². The zero-order valence-electron chi connectivity index (χ0n) is 17.3. The number of nitrogen functional groups attached to an aromatic ring is 1. The van der Waals surface area contributed by atoms with Crippen molar-refractivity contribution in [2.45, 2.75) is 9.79 Å². The van der Waals surface area contributed by atoms with Crippen LogP contribution in [0.4, 0.5) is 9.57 Å². The van der Waals surface area contributed by atoms with Crippen molar-refractivity contribution in [3.05, 3.63) is 84.2 Å². The van der Waals surface area contributed by atoms with Crippen LogP contribution in [0.3, 0.4) is 0 Å². The van der Waals surface area contributed by atoms with Crippen LogP contribution in [0.2, 0.25) is 0 Å². The Balaban J connectivity index is 1.97. The van der Waals surface area contributed by atoms with Gasteiger partial charge < -0.3 is 10.3 Å². The third-order valence-electron chi connectivity index (χ3n) is 5.05. The van der Waals surface area contributed by atoms with Crippen LogP contribution in [0.5, 0.6) is 0 Å². The fraction of sp³-hybridized carbons (Fsp3) is 0.0455. The summed E-state index contributed by atoms with van der Waals surface area (Å²) in [6, 6.07) is 20.3. The first kappa shape index (κ1) is 22.5. The molecule has 0 aliphatic carbocycles. The molecule has 0 spiro atoms. The minimum atomic E-state index is -4.98. The smallest absolute Gasteiger partial charge is 0.332 e. The molecule has 0 amide bonds. The van der Waals surface area contributed by atoms with Gasteiger partial charge in [-0.15, -0.1) is 3.89 Å². The highest BCUT2D eigenvalue weighted by Gasteiger charge is 2.17. The second-order valence-electron chi connectivity index (χ2n) is 7.24. The van der Waals surface area contributed by atoms with Crippen LogP contribution in [0, 0.1) is 0 Å². The Labute approximate surface area is 190 Å². The van der Waals surface area contributed by atoms with Crippen molar-refractivity contribution >= 4 is 36.8 Å². The molecule has 0 atom stereocenters. The zero-order valence-corrected chi connectivity index (χ0v) is 18.9. The van der Waals surface area contributed by atoms with Gasteiger partial charge in [0.15, 0.2) is 0 Å². The van der Waals surface area contributed by atoms with E-state index >= 15 is 0 Å². The van der Waals surface area contributed by atoms with E-state index < -0.39 is 25.1 Å². The first-order valence-electron chi connectivity index (χ1n) is 9.61. The molecule has 4 rings (SSSR count).